The Bertz CT molecular complexity index is 1590. The number of benzene rings is 3. The molecule has 0 fully saturated rings. The molecular formula is C32H39Cl2N3O7S. The van der Waals surface area contributed by atoms with E-state index >= 15 is 0 Å². The predicted octanol–water partition coefficient (Wildman–Crippen LogP) is 5.94. The van der Waals surface area contributed by atoms with Crippen LogP contribution in [0.3, 0.4) is 0 Å². The molecule has 2 amide bonds. The van der Waals surface area contributed by atoms with Gasteiger partial charge in [-0.1, -0.05) is 49.2 Å². The maximum absolute atomic E-state index is 14.4. The number of nitrogens with one attached hydrogen (secondary N) is 1. The highest BCUT2D eigenvalue weighted by Gasteiger charge is 2.35. The maximum atomic E-state index is 14.4. The molecule has 0 heterocycles. The quantitative estimate of drug-likeness (QED) is 0.212. The Morgan fingerprint density at radius 2 is 1.42 bits per heavy atom. The van der Waals surface area contributed by atoms with Crippen molar-refractivity contribution >= 4 is 50.7 Å². The highest BCUT2D eigenvalue weighted by molar-refractivity contribution is 7.92. The van der Waals surface area contributed by atoms with Gasteiger partial charge in [0.1, 0.15) is 18.3 Å². The van der Waals surface area contributed by atoms with Crippen LogP contribution in [0.2, 0.25) is 10.0 Å². The van der Waals surface area contributed by atoms with Crippen molar-refractivity contribution in [3.63, 3.8) is 0 Å². The van der Waals surface area contributed by atoms with Gasteiger partial charge >= 0.3 is 0 Å². The first kappa shape index (κ1) is 35.8. The zero-order chi connectivity index (χ0) is 33.3. The minimum absolute atomic E-state index is 0.0271. The second-order valence-electron chi connectivity index (χ2n) is 10.2. The number of methoxy groups -OCH3 is 3. The number of carbonyl (C=O) groups is 2. The largest absolute Gasteiger partial charge is 0.495 e. The molecule has 244 valence electrons. The fourth-order valence-corrected chi connectivity index (χ4v) is 6.35. The smallest absolute Gasteiger partial charge is 0.265 e. The van der Waals surface area contributed by atoms with Crippen molar-refractivity contribution in [2.75, 3.05) is 32.2 Å². The molecule has 13 heteroatoms. The van der Waals surface area contributed by atoms with Crippen LogP contribution in [0.1, 0.15) is 39.2 Å². The molecule has 0 radical (unpaired) electrons. The zero-order valence-corrected chi connectivity index (χ0v) is 28.5. The number of rotatable bonds is 15. The zero-order valence-electron chi connectivity index (χ0n) is 26.2. The standard InChI is InChI=1S/C32H39Cl2N3O7S/c1-7-21(3)35-32(39)26(8-2)36(19-22-9-11-23(33)12-10-22)31(38)20-37(27-17-24(34)13-15-28(27)42-4)45(40,41)25-14-16-29(43-5)30(18-25)44-6/h9-18,21,26H,7-8,19-20H2,1-6H3,(H,35,39)/t21-,26+/m1/s1. The first-order valence-electron chi connectivity index (χ1n) is 14.3. The SMILES string of the molecule is CC[C@@H](C)NC(=O)[C@H](CC)N(Cc1ccc(Cl)cc1)C(=O)CN(c1cc(Cl)ccc1OC)S(=O)(=O)c1ccc(OC)c(OC)c1. The normalized spacial score (nSPS) is 12.5. The van der Waals surface area contributed by atoms with E-state index in [2.05, 4.69) is 5.32 Å². The summed E-state index contributed by atoms with van der Waals surface area (Å²) in [6.45, 7) is 4.96. The minimum atomic E-state index is -4.45. The minimum Gasteiger partial charge on any atom is -0.495 e. The molecule has 1 N–H and O–H groups in total. The van der Waals surface area contributed by atoms with Crippen LogP contribution in [0.25, 0.3) is 0 Å². The number of ether oxygens (including phenoxy) is 3. The Kier molecular flexibility index (Phi) is 12.8. The Balaban J connectivity index is 2.17. The summed E-state index contributed by atoms with van der Waals surface area (Å²) in [4.78, 5) is 29.0. The third-order valence-electron chi connectivity index (χ3n) is 7.28. The van der Waals surface area contributed by atoms with Crippen LogP contribution in [0.5, 0.6) is 17.2 Å². The van der Waals surface area contributed by atoms with Gasteiger partial charge in [-0.2, -0.15) is 0 Å². The molecule has 10 nitrogen and oxygen atoms in total. The van der Waals surface area contributed by atoms with Crippen LogP contribution in [-0.2, 0) is 26.2 Å². The number of nitrogens with zero attached hydrogens (tertiary/aromatic N) is 2. The van der Waals surface area contributed by atoms with E-state index < -0.39 is 28.5 Å². The molecule has 3 rings (SSSR count). The van der Waals surface area contributed by atoms with Gasteiger partial charge in [0, 0.05) is 28.7 Å². The molecule has 0 aliphatic carbocycles. The Labute approximate surface area is 275 Å². The molecule has 0 unspecified atom stereocenters. The predicted molar refractivity (Wildman–Crippen MR) is 176 cm³/mol. The summed E-state index contributed by atoms with van der Waals surface area (Å²) in [5.41, 5.74) is 0.744. The highest BCUT2D eigenvalue weighted by Crippen LogP contribution is 2.37. The Morgan fingerprint density at radius 3 is 2.00 bits per heavy atom. The third kappa shape index (κ3) is 8.74. The highest BCUT2D eigenvalue weighted by atomic mass is 35.5. The average Bonchev–Trinajstić information content (AvgIpc) is 3.03. The summed E-state index contributed by atoms with van der Waals surface area (Å²) in [5.74, 6) is -0.292. The number of halogens is 2. The summed E-state index contributed by atoms with van der Waals surface area (Å²) < 4.78 is 45.8. The number of amides is 2. The van der Waals surface area contributed by atoms with Crippen LogP contribution in [0.15, 0.2) is 65.6 Å². The fourth-order valence-electron chi connectivity index (χ4n) is 4.62. The van der Waals surface area contributed by atoms with Crippen molar-refractivity contribution in [1.82, 2.24) is 10.2 Å². The molecule has 0 saturated heterocycles. The van der Waals surface area contributed by atoms with Crippen molar-refractivity contribution in [2.24, 2.45) is 0 Å². The number of carbonyl (C=O) groups excluding carboxylic acids is 2. The van der Waals surface area contributed by atoms with Gasteiger partial charge in [-0.15, -0.1) is 0 Å². The third-order valence-corrected chi connectivity index (χ3v) is 9.53. The van der Waals surface area contributed by atoms with Crippen molar-refractivity contribution < 1.29 is 32.2 Å². The van der Waals surface area contributed by atoms with Crippen molar-refractivity contribution in [3.05, 3.63) is 76.3 Å². The fraction of sp³-hybridized carbons (Fsp3) is 0.375. The topological polar surface area (TPSA) is 114 Å². The molecular weight excluding hydrogens is 641 g/mol. The van der Waals surface area contributed by atoms with E-state index in [4.69, 9.17) is 37.4 Å². The van der Waals surface area contributed by atoms with Crippen LogP contribution in [0, 0.1) is 0 Å². The number of anilines is 1. The average molecular weight is 681 g/mol. The molecule has 0 spiro atoms. The molecule has 0 aliphatic heterocycles. The maximum Gasteiger partial charge on any atom is 0.265 e. The van der Waals surface area contributed by atoms with Crippen molar-refractivity contribution in [3.8, 4) is 17.2 Å². The van der Waals surface area contributed by atoms with E-state index in [-0.39, 0.29) is 52.0 Å². The van der Waals surface area contributed by atoms with Crippen LogP contribution in [-0.4, -0.2) is 65.1 Å². The molecule has 0 saturated carbocycles. The summed E-state index contributed by atoms with van der Waals surface area (Å²) >= 11 is 12.4. The first-order chi connectivity index (χ1) is 21.4. The van der Waals surface area contributed by atoms with Crippen LogP contribution >= 0.6 is 23.2 Å². The lowest BCUT2D eigenvalue weighted by atomic mass is 10.1. The van der Waals surface area contributed by atoms with Gasteiger partial charge in [0.2, 0.25) is 11.8 Å². The van der Waals surface area contributed by atoms with E-state index in [0.29, 0.717) is 22.8 Å². The van der Waals surface area contributed by atoms with Crippen molar-refractivity contribution in [1.29, 1.82) is 0 Å². The van der Waals surface area contributed by atoms with E-state index in [1.807, 2.05) is 13.8 Å². The van der Waals surface area contributed by atoms with E-state index in [0.717, 1.165) is 4.31 Å². The van der Waals surface area contributed by atoms with E-state index in [1.165, 1.54) is 56.6 Å². The molecule has 2 atom stereocenters. The van der Waals surface area contributed by atoms with E-state index in [1.54, 1.807) is 37.3 Å². The van der Waals surface area contributed by atoms with Crippen LogP contribution < -0.4 is 23.8 Å². The first-order valence-corrected chi connectivity index (χ1v) is 16.5. The lowest BCUT2D eigenvalue weighted by Crippen LogP contribution is -2.53. The number of hydrogen-bond acceptors (Lipinski definition) is 7. The van der Waals surface area contributed by atoms with Gasteiger partial charge < -0.3 is 24.4 Å². The summed E-state index contributed by atoms with van der Waals surface area (Å²) in [7, 11) is -0.243. The molecule has 3 aromatic rings. The van der Waals surface area contributed by atoms with Gasteiger partial charge in [-0.3, -0.25) is 13.9 Å². The summed E-state index contributed by atoms with van der Waals surface area (Å²) in [5, 5.41) is 3.69. The van der Waals surface area contributed by atoms with Gasteiger partial charge in [-0.25, -0.2) is 8.42 Å². The van der Waals surface area contributed by atoms with Gasteiger partial charge in [-0.05, 0) is 67.8 Å². The second-order valence-corrected chi connectivity index (χ2v) is 13.0. The molecule has 0 bridgehead atoms. The molecule has 0 aromatic heterocycles. The van der Waals surface area contributed by atoms with Crippen LogP contribution in [0.4, 0.5) is 5.69 Å². The van der Waals surface area contributed by atoms with E-state index in [9.17, 15) is 18.0 Å². The second kappa shape index (κ2) is 16.1. The number of sulfonamides is 1. The van der Waals surface area contributed by atoms with Gasteiger partial charge in [0.15, 0.2) is 11.5 Å². The summed E-state index contributed by atoms with van der Waals surface area (Å²) in [6, 6.07) is 14.4. The molecule has 3 aromatic carbocycles. The molecule has 0 aliphatic rings. The van der Waals surface area contributed by atoms with Gasteiger partial charge in [0.25, 0.3) is 10.0 Å². The monoisotopic (exact) mass is 679 g/mol. The lowest BCUT2D eigenvalue weighted by Gasteiger charge is -2.34. The van der Waals surface area contributed by atoms with Crippen molar-refractivity contribution in [2.45, 2.75) is 57.1 Å². The number of hydrogen-bond donors (Lipinski definition) is 1. The Morgan fingerprint density at radius 1 is 0.822 bits per heavy atom. The van der Waals surface area contributed by atoms with Gasteiger partial charge in [0.05, 0.1) is 31.9 Å². The molecule has 45 heavy (non-hydrogen) atoms. The summed E-state index contributed by atoms with van der Waals surface area (Å²) in [6.07, 6.45) is 0.976. The Hall–Kier alpha value is -3.67. The lowest BCUT2D eigenvalue weighted by molar-refractivity contribution is -0.140.